The maximum Gasteiger partial charge on any atom is 0.372 e. The van der Waals surface area contributed by atoms with Crippen molar-refractivity contribution in [1.82, 2.24) is 5.32 Å². The van der Waals surface area contributed by atoms with Crippen molar-refractivity contribution in [2.24, 2.45) is 0 Å². The second kappa shape index (κ2) is 5.14. The molecule has 1 aromatic heterocycles. The zero-order valence-electron chi connectivity index (χ0n) is 9.86. The zero-order chi connectivity index (χ0) is 12.3. The molecule has 0 amide bonds. The van der Waals surface area contributed by atoms with Gasteiger partial charge in [0.1, 0.15) is 0 Å². The summed E-state index contributed by atoms with van der Waals surface area (Å²) in [6.07, 6.45) is 3.92. The second-order valence-electron chi connectivity index (χ2n) is 4.59. The van der Waals surface area contributed by atoms with Gasteiger partial charge in [-0.15, -0.1) is 0 Å². The molecule has 4 nitrogen and oxygen atoms in total. The summed E-state index contributed by atoms with van der Waals surface area (Å²) in [7, 11) is 0. The Morgan fingerprint density at radius 2 is 2.53 bits per heavy atom. The average molecular weight is 255 g/mol. The summed E-state index contributed by atoms with van der Waals surface area (Å²) in [4.78, 5) is 10.8. The minimum Gasteiger partial charge on any atom is -0.475 e. The molecule has 1 fully saturated rings. The van der Waals surface area contributed by atoms with Crippen LogP contribution in [0.3, 0.4) is 0 Å². The Hall–Kier alpha value is -0.940. The van der Waals surface area contributed by atoms with Crippen LogP contribution < -0.4 is 5.32 Å². The smallest absolute Gasteiger partial charge is 0.372 e. The monoisotopic (exact) mass is 255 g/mol. The zero-order valence-corrected chi connectivity index (χ0v) is 10.7. The summed E-state index contributed by atoms with van der Waals surface area (Å²) in [5.41, 5.74) is 0.712. The van der Waals surface area contributed by atoms with E-state index in [9.17, 15) is 4.79 Å². The molecule has 0 spiro atoms. The van der Waals surface area contributed by atoms with Crippen molar-refractivity contribution < 1.29 is 14.3 Å². The number of carboxylic acids is 1. The van der Waals surface area contributed by atoms with Crippen LogP contribution in [0, 0.1) is 0 Å². The number of carbonyl (C=O) groups is 1. The molecule has 1 atom stereocenters. The van der Waals surface area contributed by atoms with Gasteiger partial charge in [-0.25, -0.2) is 4.79 Å². The normalized spacial score (nSPS) is 24.1. The molecular formula is C12H17NO3S. The largest absolute Gasteiger partial charge is 0.475 e. The number of thioether (sulfide) groups is 1. The molecule has 2 rings (SSSR count). The molecule has 17 heavy (non-hydrogen) atoms. The number of hydrogen-bond donors (Lipinski definition) is 2. The molecule has 1 unspecified atom stereocenters. The molecule has 0 saturated carbocycles. The van der Waals surface area contributed by atoms with E-state index in [1.807, 2.05) is 11.8 Å². The minimum absolute atomic E-state index is 0.0433. The molecule has 1 saturated heterocycles. The molecule has 2 heterocycles. The van der Waals surface area contributed by atoms with E-state index in [4.69, 9.17) is 9.52 Å². The van der Waals surface area contributed by atoms with Gasteiger partial charge in [0.2, 0.25) is 5.76 Å². The van der Waals surface area contributed by atoms with Crippen LogP contribution in [0.1, 0.15) is 35.9 Å². The third kappa shape index (κ3) is 3.04. The highest BCUT2D eigenvalue weighted by atomic mass is 32.2. The Morgan fingerprint density at radius 3 is 3.18 bits per heavy atom. The lowest BCUT2D eigenvalue weighted by Gasteiger charge is -2.22. The van der Waals surface area contributed by atoms with Gasteiger partial charge in [0.05, 0.1) is 6.26 Å². The predicted molar refractivity (Wildman–Crippen MR) is 67.5 cm³/mol. The van der Waals surface area contributed by atoms with Gasteiger partial charge in [-0.3, -0.25) is 0 Å². The highest BCUT2D eigenvalue weighted by Crippen LogP contribution is 2.36. The maximum atomic E-state index is 10.8. The van der Waals surface area contributed by atoms with E-state index in [1.165, 1.54) is 24.9 Å². The van der Waals surface area contributed by atoms with E-state index in [0.717, 1.165) is 6.54 Å². The Balaban J connectivity index is 1.85. The van der Waals surface area contributed by atoms with Crippen molar-refractivity contribution in [2.45, 2.75) is 31.1 Å². The van der Waals surface area contributed by atoms with Gasteiger partial charge in [0.25, 0.3) is 0 Å². The highest BCUT2D eigenvalue weighted by molar-refractivity contribution is 8.00. The molecule has 0 radical (unpaired) electrons. The maximum absolute atomic E-state index is 10.8. The van der Waals surface area contributed by atoms with Crippen LogP contribution in [0.4, 0.5) is 0 Å². The number of rotatable bonds is 5. The van der Waals surface area contributed by atoms with Crippen molar-refractivity contribution in [1.29, 1.82) is 0 Å². The van der Waals surface area contributed by atoms with Crippen LogP contribution >= 0.6 is 11.8 Å². The average Bonchev–Trinajstić information content (AvgIpc) is 2.87. The van der Waals surface area contributed by atoms with E-state index in [0.29, 0.717) is 16.9 Å². The van der Waals surface area contributed by atoms with Crippen LogP contribution in [0.25, 0.3) is 0 Å². The van der Waals surface area contributed by atoms with E-state index in [1.54, 1.807) is 6.07 Å². The van der Waals surface area contributed by atoms with Crippen molar-refractivity contribution in [3.05, 3.63) is 23.7 Å². The van der Waals surface area contributed by atoms with Gasteiger partial charge in [-0.1, -0.05) is 0 Å². The number of nitrogens with one attached hydrogen (secondary N) is 1. The van der Waals surface area contributed by atoms with E-state index >= 15 is 0 Å². The molecule has 1 aliphatic rings. The quantitative estimate of drug-likeness (QED) is 0.845. The Bertz CT molecular complexity index is 396. The molecule has 2 N–H and O–H groups in total. The first-order valence-electron chi connectivity index (χ1n) is 5.75. The summed E-state index contributed by atoms with van der Waals surface area (Å²) in [6.45, 7) is 3.71. The van der Waals surface area contributed by atoms with Crippen molar-refractivity contribution in [3.63, 3.8) is 0 Å². The predicted octanol–water partition coefficient (Wildman–Crippen LogP) is 2.35. The van der Waals surface area contributed by atoms with Crippen LogP contribution in [0.5, 0.6) is 0 Å². The van der Waals surface area contributed by atoms with E-state index in [2.05, 4.69) is 12.2 Å². The lowest BCUT2D eigenvalue weighted by Crippen LogP contribution is -2.32. The van der Waals surface area contributed by atoms with Crippen molar-refractivity contribution in [2.75, 3.05) is 12.3 Å². The fourth-order valence-corrected chi connectivity index (χ4v) is 3.37. The van der Waals surface area contributed by atoms with Gasteiger partial charge >= 0.3 is 5.97 Å². The summed E-state index contributed by atoms with van der Waals surface area (Å²) >= 11 is 1.99. The molecule has 0 bridgehead atoms. The van der Waals surface area contributed by atoms with Gasteiger partial charge < -0.3 is 14.8 Å². The van der Waals surface area contributed by atoms with E-state index < -0.39 is 5.97 Å². The van der Waals surface area contributed by atoms with Crippen LogP contribution in [0.15, 0.2) is 16.7 Å². The first kappa shape index (κ1) is 12.5. The van der Waals surface area contributed by atoms with Gasteiger partial charge in [-0.2, -0.15) is 11.8 Å². The van der Waals surface area contributed by atoms with Crippen molar-refractivity contribution >= 4 is 17.7 Å². The number of hydrogen-bond acceptors (Lipinski definition) is 4. The molecule has 1 aromatic rings. The van der Waals surface area contributed by atoms with Gasteiger partial charge in [0.15, 0.2) is 0 Å². The Morgan fingerprint density at radius 1 is 1.71 bits per heavy atom. The van der Waals surface area contributed by atoms with Crippen molar-refractivity contribution in [3.8, 4) is 0 Å². The lowest BCUT2D eigenvalue weighted by molar-refractivity contribution is 0.0660. The lowest BCUT2D eigenvalue weighted by atomic mass is 10.1. The SMILES string of the molecule is CC1(CNCc2ccoc2C(=O)O)CCCS1. The fraction of sp³-hybridized carbons (Fsp3) is 0.583. The fourth-order valence-electron chi connectivity index (χ4n) is 2.10. The summed E-state index contributed by atoms with van der Waals surface area (Å²) in [6, 6.07) is 1.71. The number of furan rings is 1. The number of aromatic carboxylic acids is 1. The molecule has 94 valence electrons. The summed E-state index contributed by atoms with van der Waals surface area (Å²) < 4.78 is 5.23. The van der Waals surface area contributed by atoms with Gasteiger partial charge in [0, 0.05) is 23.4 Å². The molecule has 5 heteroatoms. The molecule has 0 aliphatic carbocycles. The highest BCUT2D eigenvalue weighted by Gasteiger charge is 2.28. The second-order valence-corrected chi connectivity index (χ2v) is 6.27. The first-order valence-corrected chi connectivity index (χ1v) is 6.74. The van der Waals surface area contributed by atoms with Crippen LogP contribution in [0.2, 0.25) is 0 Å². The van der Waals surface area contributed by atoms with E-state index in [-0.39, 0.29) is 5.76 Å². The summed E-state index contributed by atoms with van der Waals surface area (Å²) in [5, 5.41) is 12.2. The first-order chi connectivity index (χ1) is 8.11. The third-order valence-electron chi connectivity index (χ3n) is 3.06. The molecule has 0 aromatic carbocycles. The minimum atomic E-state index is -1.01. The Labute approximate surface area is 105 Å². The molecular weight excluding hydrogens is 238 g/mol. The Kier molecular flexibility index (Phi) is 3.79. The summed E-state index contributed by atoms with van der Waals surface area (Å²) in [5.74, 6) is 0.263. The van der Waals surface area contributed by atoms with Crippen LogP contribution in [-0.4, -0.2) is 28.1 Å². The number of carboxylic acid groups (broad SMARTS) is 1. The molecule has 1 aliphatic heterocycles. The van der Waals surface area contributed by atoms with Gasteiger partial charge in [-0.05, 0) is 31.6 Å². The van der Waals surface area contributed by atoms with Crippen LogP contribution in [-0.2, 0) is 6.54 Å². The standard InChI is InChI=1S/C12H17NO3S/c1-12(4-2-6-17-12)8-13-7-9-3-5-16-10(9)11(14)15/h3,5,13H,2,4,6-8H2,1H3,(H,14,15). The third-order valence-corrected chi connectivity index (χ3v) is 4.59. The topological polar surface area (TPSA) is 62.5 Å².